The average molecular weight is 363 g/mol. The summed E-state index contributed by atoms with van der Waals surface area (Å²) in [6.07, 6.45) is 2.39. The van der Waals surface area contributed by atoms with E-state index in [2.05, 4.69) is 42.2 Å². The van der Waals surface area contributed by atoms with Crippen molar-refractivity contribution in [3.05, 3.63) is 71.8 Å². The second-order valence-electron chi connectivity index (χ2n) is 7.66. The van der Waals surface area contributed by atoms with Gasteiger partial charge in [0.1, 0.15) is 5.75 Å². The van der Waals surface area contributed by atoms with Gasteiger partial charge in [0.2, 0.25) is 0 Å². The van der Waals surface area contributed by atoms with Gasteiger partial charge in [-0.3, -0.25) is 4.79 Å². The molecule has 2 atom stereocenters. The van der Waals surface area contributed by atoms with Crippen LogP contribution in [0.5, 0.6) is 5.75 Å². The Hall–Kier alpha value is -2.75. The van der Waals surface area contributed by atoms with E-state index < -0.39 is 5.41 Å². The van der Waals surface area contributed by atoms with E-state index in [1.807, 2.05) is 18.2 Å². The molecule has 1 aliphatic heterocycles. The summed E-state index contributed by atoms with van der Waals surface area (Å²) >= 11 is 0. The quantitative estimate of drug-likeness (QED) is 0.612. The lowest BCUT2D eigenvalue weighted by molar-refractivity contribution is -0.146. The molecule has 2 unspecified atom stereocenters. The highest BCUT2D eigenvalue weighted by Crippen LogP contribution is 2.52. The number of esters is 1. The number of benzene rings is 2. The highest BCUT2D eigenvalue weighted by atomic mass is 16.5. The summed E-state index contributed by atoms with van der Waals surface area (Å²) < 4.78 is 10.6. The highest BCUT2D eigenvalue weighted by Gasteiger charge is 2.55. The lowest BCUT2D eigenvalue weighted by Crippen LogP contribution is -2.31. The third-order valence-electron chi connectivity index (χ3n) is 5.81. The molecule has 1 N–H and O–H groups in total. The molecule has 0 spiro atoms. The maximum atomic E-state index is 12.4. The van der Waals surface area contributed by atoms with Crippen molar-refractivity contribution in [1.82, 2.24) is 0 Å². The van der Waals surface area contributed by atoms with Gasteiger partial charge in [0, 0.05) is 18.2 Å². The lowest BCUT2D eigenvalue weighted by Gasteiger charge is -2.24. The van der Waals surface area contributed by atoms with E-state index in [1.165, 1.54) is 16.7 Å². The topological polar surface area (TPSA) is 47.6 Å². The van der Waals surface area contributed by atoms with Crippen molar-refractivity contribution in [2.24, 2.45) is 11.3 Å². The number of nitrogens with one attached hydrogen (secondary N) is 1. The Labute approximate surface area is 160 Å². The average Bonchev–Trinajstić information content (AvgIpc) is 3.15. The minimum Gasteiger partial charge on any atom is -0.497 e. The van der Waals surface area contributed by atoms with Crippen LogP contribution < -0.4 is 10.1 Å². The second-order valence-corrected chi connectivity index (χ2v) is 7.66. The number of methoxy groups -OCH3 is 1. The van der Waals surface area contributed by atoms with E-state index in [-0.39, 0.29) is 11.9 Å². The summed E-state index contributed by atoms with van der Waals surface area (Å²) in [6, 6.07) is 16.4. The number of rotatable bonds is 6. The first-order valence-corrected chi connectivity index (χ1v) is 9.39. The molecule has 1 aliphatic carbocycles. The molecule has 0 radical (unpaired) electrons. The van der Waals surface area contributed by atoms with Crippen molar-refractivity contribution in [3.63, 3.8) is 0 Å². The van der Waals surface area contributed by atoms with Crippen LogP contribution in [0.2, 0.25) is 0 Å². The highest BCUT2D eigenvalue weighted by molar-refractivity contribution is 5.81. The zero-order valence-electron chi connectivity index (χ0n) is 15.7. The predicted octanol–water partition coefficient (Wildman–Crippen LogP) is 4.36. The minimum atomic E-state index is -0.396. The number of allylic oxidation sites excluding steroid dienone is 1. The van der Waals surface area contributed by atoms with E-state index in [9.17, 15) is 4.79 Å². The van der Waals surface area contributed by atoms with Gasteiger partial charge in [-0.25, -0.2) is 0 Å². The second kappa shape index (κ2) is 7.10. The monoisotopic (exact) mass is 363 g/mol. The Kier molecular flexibility index (Phi) is 4.65. The van der Waals surface area contributed by atoms with Crippen molar-refractivity contribution in [2.45, 2.75) is 25.8 Å². The minimum absolute atomic E-state index is 0.0497. The molecule has 0 amide bonds. The summed E-state index contributed by atoms with van der Waals surface area (Å²) in [5.74, 6) is 1.09. The Morgan fingerprint density at radius 3 is 2.81 bits per heavy atom. The van der Waals surface area contributed by atoms with E-state index >= 15 is 0 Å². The number of hydrogen-bond acceptors (Lipinski definition) is 4. The summed E-state index contributed by atoms with van der Waals surface area (Å²) in [7, 11) is 1.68. The normalized spacial score (nSPS) is 23.8. The SMILES string of the molecule is C=C1CC2COC(=O)C2(Cc2ccc(NCc3cccc(OC)c3)cc2)C1. The van der Waals surface area contributed by atoms with Gasteiger partial charge in [-0.05, 0) is 54.7 Å². The molecule has 1 saturated heterocycles. The van der Waals surface area contributed by atoms with E-state index in [0.29, 0.717) is 6.61 Å². The Morgan fingerprint density at radius 2 is 2.04 bits per heavy atom. The first-order valence-electron chi connectivity index (χ1n) is 9.39. The van der Waals surface area contributed by atoms with Crippen LogP contribution in [0.15, 0.2) is 60.7 Å². The Bertz CT molecular complexity index is 858. The van der Waals surface area contributed by atoms with Gasteiger partial charge in [-0.2, -0.15) is 0 Å². The molecule has 0 bridgehead atoms. The molecule has 4 rings (SSSR count). The zero-order chi connectivity index (χ0) is 18.9. The van der Waals surface area contributed by atoms with Crippen LogP contribution in [-0.2, 0) is 22.5 Å². The summed E-state index contributed by atoms with van der Waals surface area (Å²) in [5, 5.41) is 3.43. The molecule has 2 fully saturated rings. The molecule has 1 saturated carbocycles. The number of ether oxygens (including phenoxy) is 2. The molecular weight excluding hydrogens is 338 g/mol. The van der Waals surface area contributed by atoms with Gasteiger partial charge in [0.05, 0.1) is 19.1 Å². The summed E-state index contributed by atoms with van der Waals surface area (Å²) in [6.45, 7) is 5.38. The van der Waals surface area contributed by atoms with Gasteiger partial charge in [-0.1, -0.05) is 36.4 Å². The summed E-state index contributed by atoms with van der Waals surface area (Å²) in [5.41, 5.74) is 4.17. The molecule has 2 aliphatic rings. The van der Waals surface area contributed by atoms with E-state index in [4.69, 9.17) is 9.47 Å². The summed E-state index contributed by atoms with van der Waals surface area (Å²) in [4.78, 5) is 12.4. The van der Waals surface area contributed by atoms with Gasteiger partial charge in [-0.15, -0.1) is 0 Å². The lowest BCUT2D eigenvalue weighted by atomic mass is 9.75. The molecular formula is C23H25NO3. The predicted molar refractivity (Wildman–Crippen MR) is 106 cm³/mol. The smallest absolute Gasteiger partial charge is 0.313 e. The number of carbonyl (C=O) groups is 1. The fourth-order valence-corrected chi connectivity index (χ4v) is 4.35. The Balaban J connectivity index is 1.42. The molecule has 1 heterocycles. The van der Waals surface area contributed by atoms with Crippen molar-refractivity contribution in [2.75, 3.05) is 19.0 Å². The van der Waals surface area contributed by atoms with Gasteiger partial charge in [0.25, 0.3) is 0 Å². The third-order valence-corrected chi connectivity index (χ3v) is 5.81. The maximum absolute atomic E-state index is 12.4. The Morgan fingerprint density at radius 1 is 1.22 bits per heavy atom. The van der Waals surface area contributed by atoms with Crippen LogP contribution >= 0.6 is 0 Å². The van der Waals surface area contributed by atoms with Crippen LogP contribution in [0.3, 0.4) is 0 Å². The first-order chi connectivity index (χ1) is 13.1. The maximum Gasteiger partial charge on any atom is 0.313 e. The molecule has 0 aromatic heterocycles. The zero-order valence-corrected chi connectivity index (χ0v) is 15.7. The molecule has 140 valence electrons. The molecule has 4 nitrogen and oxygen atoms in total. The first kappa shape index (κ1) is 17.7. The van der Waals surface area contributed by atoms with E-state index in [1.54, 1.807) is 7.11 Å². The fraction of sp³-hybridized carbons (Fsp3) is 0.348. The number of carbonyl (C=O) groups excluding carboxylic acids is 1. The van der Waals surface area contributed by atoms with Gasteiger partial charge in [0.15, 0.2) is 0 Å². The van der Waals surface area contributed by atoms with Crippen LogP contribution in [0.25, 0.3) is 0 Å². The number of fused-ring (bicyclic) bond motifs is 1. The standard InChI is InChI=1S/C23H25NO3/c1-16-10-19-15-27-22(25)23(19,12-16)13-17-6-8-20(9-7-17)24-14-18-4-3-5-21(11-18)26-2/h3-9,11,19,24H,1,10,12-15H2,2H3. The van der Waals surface area contributed by atoms with Crippen LogP contribution in [0.1, 0.15) is 24.0 Å². The molecule has 4 heteroatoms. The van der Waals surface area contributed by atoms with Crippen molar-refractivity contribution in [3.8, 4) is 5.75 Å². The number of cyclic esters (lactones) is 1. The fourth-order valence-electron chi connectivity index (χ4n) is 4.35. The van der Waals surface area contributed by atoms with Crippen LogP contribution in [0, 0.1) is 11.3 Å². The third kappa shape index (κ3) is 3.44. The van der Waals surface area contributed by atoms with Crippen LogP contribution in [-0.4, -0.2) is 19.7 Å². The number of hydrogen-bond donors (Lipinski definition) is 1. The largest absolute Gasteiger partial charge is 0.497 e. The van der Waals surface area contributed by atoms with Crippen molar-refractivity contribution < 1.29 is 14.3 Å². The van der Waals surface area contributed by atoms with Crippen molar-refractivity contribution >= 4 is 11.7 Å². The molecule has 27 heavy (non-hydrogen) atoms. The van der Waals surface area contributed by atoms with Gasteiger partial charge < -0.3 is 14.8 Å². The molecule has 2 aromatic carbocycles. The van der Waals surface area contributed by atoms with Gasteiger partial charge >= 0.3 is 5.97 Å². The number of anilines is 1. The van der Waals surface area contributed by atoms with Crippen LogP contribution in [0.4, 0.5) is 5.69 Å². The molecule has 2 aromatic rings. The van der Waals surface area contributed by atoms with Crippen molar-refractivity contribution in [1.29, 1.82) is 0 Å². The van der Waals surface area contributed by atoms with E-state index in [0.717, 1.165) is 37.2 Å².